The van der Waals surface area contributed by atoms with Crippen molar-refractivity contribution in [2.24, 2.45) is 0 Å². The Labute approximate surface area is 172 Å². The first-order valence-corrected chi connectivity index (χ1v) is 10.5. The van der Waals surface area contributed by atoms with Gasteiger partial charge in [-0.15, -0.1) is 5.10 Å². The van der Waals surface area contributed by atoms with Crippen molar-refractivity contribution in [1.82, 2.24) is 20.3 Å². The monoisotopic (exact) mass is 388 g/mol. The third kappa shape index (κ3) is 4.73. The maximum Gasteiger partial charge on any atom is 0.273 e. The van der Waals surface area contributed by atoms with E-state index in [2.05, 4.69) is 64.2 Å². The molecular weight excluding hydrogens is 360 g/mol. The van der Waals surface area contributed by atoms with Gasteiger partial charge >= 0.3 is 0 Å². The van der Waals surface area contributed by atoms with Crippen molar-refractivity contribution in [1.29, 1.82) is 0 Å². The Morgan fingerprint density at radius 2 is 1.69 bits per heavy atom. The number of nitrogens with zero attached hydrogens (tertiary/aromatic N) is 3. The molecule has 2 aromatic carbocycles. The summed E-state index contributed by atoms with van der Waals surface area (Å²) >= 11 is 0. The van der Waals surface area contributed by atoms with Gasteiger partial charge in [-0.25, -0.2) is 0 Å². The molecule has 0 unspecified atom stereocenters. The number of rotatable bonds is 8. The van der Waals surface area contributed by atoms with Gasteiger partial charge in [0.1, 0.15) is 0 Å². The smallest absolute Gasteiger partial charge is 0.273 e. The normalized spacial score (nSPS) is 15.3. The van der Waals surface area contributed by atoms with Crippen LogP contribution in [0, 0.1) is 0 Å². The minimum absolute atomic E-state index is 0.0442. The average molecular weight is 389 g/mol. The molecule has 5 nitrogen and oxygen atoms in total. The van der Waals surface area contributed by atoms with Crippen LogP contribution in [0.4, 0.5) is 0 Å². The zero-order chi connectivity index (χ0) is 19.9. The van der Waals surface area contributed by atoms with Gasteiger partial charge < -0.3 is 5.32 Å². The van der Waals surface area contributed by atoms with Gasteiger partial charge in [-0.1, -0.05) is 78.7 Å². The Morgan fingerprint density at radius 3 is 2.41 bits per heavy atom. The summed E-state index contributed by atoms with van der Waals surface area (Å²) in [6.07, 6.45) is 8.36. The fraction of sp³-hybridized carbons (Fsp3) is 0.375. The van der Waals surface area contributed by atoms with Crippen molar-refractivity contribution >= 4 is 5.91 Å². The largest absolute Gasteiger partial charge is 0.350 e. The van der Waals surface area contributed by atoms with Gasteiger partial charge in [0.25, 0.3) is 5.91 Å². The fourth-order valence-electron chi connectivity index (χ4n) is 4.35. The molecular formula is C24H28N4O. The lowest BCUT2D eigenvalue weighted by Gasteiger charge is -2.29. The van der Waals surface area contributed by atoms with E-state index >= 15 is 0 Å². The predicted octanol–water partition coefficient (Wildman–Crippen LogP) is 4.15. The molecule has 0 bridgehead atoms. The van der Waals surface area contributed by atoms with Crippen LogP contribution in [0.3, 0.4) is 0 Å². The van der Waals surface area contributed by atoms with Gasteiger partial charge in [-0.2, -0.15) is 0 Å². The number of aryl methyl sites for hydroxylation is 2. The van der Waals surface area contributed by atoms with Crippen LogP contribution < -0.4 is 5.32 Å². The molecule has 1 N–H and O–H groups in total. The highest BCUT2D eigenvalue weighted by atomic mass is 16.2. The molecule has 0 saturated heterocycles. The summed E-state index contributed by atoms with van der Waals surface area (Å²) in [5.74, 6) is -0.137. The fourth-order valence-corrected chi connectivity index (χ4v) is 4.35. The second-order valence-corrected chi connectivity index (χ2v) is 7.99. The van der Waals surface area contributed by atoms with Crippen LogP contribution in [0.15, 0.2) is 66.9 Å². The molecule has 3 aromatic rings. The lowest BCUT2D eigenvalue weighted by Crippen LogP contribution is -2.39. The van der Waals surface area contributed by atoms with E-state index in [1.165, 1.54) is 24.0 Å². The second kappa shape index (κ2) is 9.03. The number of hydrogen-bond acceptors (Lipinski definition) is 3. The van der Waals surface area contributed by atoms with Gasteiger partial charge in [0.15, 0.2) is 5.69 Å². The Morgan fingerprint density at radius 1 is 1.00 bits per heavy atom. The van der Waals surface area contributed by atoms with Crippen LogP contribution in [0.2, 0.25) is 0 Å². The minimum atomic E-state index is -0.137. The van der Waals surface area contributed by atoms with Crippen molar-refractivity contribution in [3.05, 3.63) is 83.7 Å². The first-order valence-electron chi connectivity index (χ1n) is 10.5. The molecule has 5 heteroatoms. The Hall–Kier alpha value is -2.95. The zero-order valence-corrected chi connectivity index (χ0v) is 16.8. The SMILES string of the molecule is O=C(NCC1(c2ccccc2)CCCC1)c1cn(CCCc2ccccc2)nn1. The van der Waals surface area contributed by atoms with E-state index in [-0.39, 0.29) is 11.3 Å². The minimum Gasteiger partial charge on any atom is -0.350 e. The summed E-state index contributed by atoms with van der Waals surface area (Å²) in [6, 6.07) is 21.0. The molecule has 29 heavy (non-hydrogen) atoms. The van der Waals surface area contributed by atoms with Crippen molar-refractivity contribution in [2.45, 2.75) is 50.5 Å². The molecule has 1 aliphatic rings. The van der Waals surface area contributed by atoms with Gasteiger partial charge in [-0.3, -0.25) is 9.48 Å². The van der Waals surface area contributed by atoms with Gasteiger partial charge in [0, 0.05) is 18.5 Å². The molecule has 1 aliphatic carbocycles. The lowest BCUT2D eigenvalue weighted by molar-refractivity contribution is 0.0938. The van der Waals surface area contributed by atoms with Gasteiger partial charge in [0.2, 0.25) is 0 Å². The number of carbonyl (C=O) groups is 1. The molecule has 1 amide bonds. The summed E-state index contributed by atoms with van der Waals surface area (Å²) in [7, 11) is 0. The van der Waals surface area contributed by atoms with E-state index < -0.39 is 0 Å². The Bertz CT molecular complexity index is 914. The van der Waals surface area contributed by atoms with Gasteiger partial charge in [0.05, 0.1) is 6.20 Å². The number of hydrogen-bond donors (Lipinski definition) is 1. The molecule has 1 fully saturated rings. The van der Waals surface area contributed by atoms with E-state index in [1.54, 1.807) is 10.9 Å². The highest BCUT2D eigenvalue weighted by molar-refractivity contribution is 5.91. The summed E-state index contributed by atoms with van der Waals surface area (Å²) in [5.41, 5.74) is 3.07. The highest BCUT2D eigenvalue weighted by Gasteiger charge is 2.35. The molecule has 0 radical (unpaired) electrons. The van der Waals surface area contributed by atoms with Crippen LogP contribution in [0.5, 0.6) is 0 Å². The summed E-state index contributed by atoms with van der Waals surface area (Å²) in [6.45, 7) is 1.40. The number of amides is 1. The predicted molar refractivity (Wildman–Crippen MR) is 114 cm³/mol. The molecule has 1 heterocycles. The van der Waals surface area contributed by atoms with Crippen molar-refractivity contribution in [3.63, 3.8) is 0 Å². The number of aromatic nitrogens is 3. The average Bonchev–Trinajstić information content (AvgIpc) is 3.44. The van der Waals surface area contributed by atoms with E-state index in [4.69, 9.17) is 0 Å². The summed E-state index contributed by atoms with van der Waals surface area (Å²) in [4.78, 5) is 12.7. The molecule has 0 spiro atoms. The van der Waals surface area contributed by atoms with Crippen molar-refractivity contribution in [3.8, 4) is 0 Å². The van der Waals surface area contributed by atoms with Crippen molar-refractivity contribution < 1.29 is 4.79 Å². The van der Waals surface area contributed by atoms with Crippen LogP contribution >= 0.6 is 0 Å². The van der Waals surface area contributed by atoms with E-state index in [1.807, 2.05) is 12.1 Å². The van der Waals surface area contributed by atoms with Crippen LogP contribution in [0.1, 0.15) is 53.7 Å². The second-order valence-electron chi connectivity index (χ2n) is 7.99. The van der Waals surface area contributed by atoms with Crippen LogP contribution in [-0.4, -0.2) is 27.4 Å². The number of nitrogens with one attached hydrogen (secondary N) is 1. The number of carbonyl (C=O) groups excluding carboxylic acids is 1. The standard InChI is InChI=1S/C24H28N4O/c29-23(25-19-24(15-7-8-16-24)21-13-5-2-6-14-21)22-18-28(27-26-22)17-9-12-20-10-3-1-4-11-20/h1-6,10-11,13-14,18H,7-9,12,15-17,19H2,(H,25,29). The van der Waals surface area contributed by atoms with E-state index in [0.29, 0.717) is 12.2 Å². The lowest BCUT2D eigenvalue weighted by atomic mass is 9.79. The van der Waals surface area contributed by atoms with Gasteiger partial charge in [-0.05, 0) is 36.8 Å². The molecule has 1 aromatic heterocycles. The zero-order valence-electron chi connectivity index (χ0n) is 16.8. The third-order valence-electron chi connectivity index (χ3n) is 6.00. The van der Waals surface area contributed by atoms with E-state index in [9.17, 15) is 4.79 Å². The molecule has 1 saturated carbocycles. The molecule has 4 rings (SSSR count). The topological polar surface area (TPSA) is 59.8 Å². The third-order valence-corrected chi connectivity index (χ3v) is 6.00. The van der Waals surface area contributed by atoms with Crippen molar-refractivity contribution in [2.75, 3.05) is 6.54 Å². The van der Waals surface area contributed by atoms with Crippen LogP contribution in [0.25, 0.3) is 0 Å². The van der Waals surface area contributed by atoms with Crippen LogP contribution in [-0.2, 0) is 18.4 Å². The summed E-state index contributed by atoms with van der Waals surface area (Å²) in [5, 5.41) is 11.3. The molecule has 0 atom stereocenters. The Kier molecular flexibility index (Phi) is 6.03. The summed E-state index contributed by atoms with van der Waals surface area (Å²) < 4.78 is 1.76. The maximum absolute atomic E-state index is 12.7. The first-order chi connectivity index (χ1) is 14.3. The quantitative estimate of drug-likeness (QED) is 0.630. The highest BCUT2D eigenvalue weighted by Crippen LogP contribution is 2.40. The van der Waals surface area contributed by atoms with E-state index in [0.717, 1.165) is 32.2 Å². The molecule has 150 valence electrons. The molecule has 0 aliphatic heterocycles. The number of benzene rings is 2. The maximum atomic E-state index is 12.7. The Balaban J connectivity index is 1.32. The first kappa shape index (κ1) is 19.4.